The summed E-state index contributed by atoms with van der Waals surface area (Å²) < 4.78 is 8.86. The van der Waals surface area contributed by atoms with Gasteiger partial charge >= 0.3 is 47.8 Å². The predicted molar refractivity (Wildman–Crippen MR) is 546 cm³/mol. The third-order valence-electron chi connectivity index (χ3n) is 16.9. The SMILES string of the molecule is C/C(=C/C(=O)Nc1ccc(N)cc1)C(=O)O.CC(CN)CCCNC(=O)/C=C\C(=O)O.CCC(=O)/C=C\C(=O)Nc1ccc(N)cc1.CO/C(=C/C(=O)Nc1ccc(N)cc1)C(=O)O.COC(=O)/C=C\C(=O)Nc1ccc(N)cc1.NCCCCCCNC(=O)/C=C\C(=O)O.NCc1ccc(CNC(=O)/C=C\C(=O)O)cc1.Nc1ccc(CCNC(=O)/C=C\C(=O)O)cc1.Nc1ccc(NC(=O)/C=C\C(=O)O)cc1. The Hall–Kier alpha value is -18.7. The number of carbonyl (C=O) groups is 18. The maximum atomic E-state index is 11.4. The van der Waals surface area contributed by atoms with Crippen LogP contribution >= 0.6 is 0 Å². The maximum absolute atomic E-state index is 11.4. The van der Waals surface area contributed by atoms with E-state index in [1.165, 1.54) is 33.3 Å². The van der Waals surface area contributed by atoms with Gasteiger partial charge in [0, 0.05) is 192 Å². The van der Waals surface area contributed by atoms with Crippen molar-refractivity contribution in [3.63, 3.8) is 0 Å². The highest BCUT2D eigenvalue weighted by Crippen LogP contribution is 2.16. The molecule has 0 radical (unpaired) electrons. The van der Waals surface area contributed by atoms with Gasteiger partial charge in [-0.1, -0.05) is 63.1 Å². The molecular weight excluding hydrogens is 1870 g/mol. The number of nitrogens with two attached hydrogens (primary N) is 9. The van der Waals surface area contributed by atoms with Gasteiger partial charge in [0.1, 0.15) is 0 Å². The Morgan fingerprint density at radius 2 is 0.618 bits per heavy atom. The number of rotatable bonds is 42. The van der Waals surface area contributed by atoms with Crippen molar-refractivity contribution < 1.29 is 132 Å². The molecule has 144 heavy (non-hydrogen) atoms. The normalized spacial score (nSPS) is 10.7. The summed E-state index contributed by atoms with van der Waals surface area (Å²) in [6, 6.07) is 47.8. The van der Waals surface area contributed by atoms with Crippen molar-refractivity contribution in [1.82, 2.24) is 21.3 Å². The molecule has 7 aromatic carbocycles. The van der Waals surface area contributed by atoms with Crippen molar-refractivity contribution in [3.8, 4) is 0 Å². The summed E-state index contributed by atoms with van der Waals surface area (Å²) in [5.74, 6) is -12.6. The molecule has 1 unspecified atom stereocenters. The van der Waals surface area contributed by atoms with Gasteiger partial charge in [-0.2, -0.15) is 0 Å². The van der Waals surface area contributed by atoms with Crippen molar-refractivity contribution in [2.45, 2.75) is 85.2 Å². The van der Waals surface area contributed by atoms with E-state index in [-0.39, 0.29) is 29.1 Å². The van der Waals surface area contributed by atoms with Crippen LogP contribution in [0.2, 0.25) is 0 Å². The fraction of sp³-hybridized carbons (Fsp3) is 0.212. The number of benzene rings is 7. The second-order valence-electron chi connectivity index (χ2n) is 28.9. The highest BCUT2D eigenvalue weighted by Gasteiger charge is 2.12. The monoisotopic (exact) mass is 2000 g/mol. The number of ketones is 1. The van der Waals surface area contributed by atoms with Crippen LogP contribution in [0.15, 0.2) is 278 Å². The van der Waals surface area contributed by atoms with Gasteiger partial charge in [-0.05, 0) is 214 Å². The molecule has 0 heterocycles. The van der Waals surface area contributed by atoms with Crippen molar-refractivity contribution >= 4 is 169 Å². The minimum Gasteiger partial charge on any atom is -0.490 e. The van der Waals surface area contributed by atoms with Crippen molar-refractivity contribution in [2.75, 3.05) is 108 Å². The Morgan fingerprint density at radius 3 is 0.938 bits per heavy atom. The molecule has 45 heteroatoms. The Labute approximate surface area is 829 Å². The van der Waals surface area contributed by atoms with Crippen molar-refractivity contribution in [3.05, 3.63) is 295 Å². The molecule has 772 valence electrons. The number of esters is 1. The van der Waals surface area contributed by atoms with Gasteiger partial charge in [0.05, 0.1) is 20.3 Å². The van der Waals surface area contributed by atoms with Crippen LogP contribution in [0.3, 0.4) is 0 Å². The lowest BCUT2D eigenvalue weighted by molar-refractivity contribution is -0.136. The smallest absolute Gasteiger partial charge is 0.371 e. The van der Waals surface area contributed by atoms with E-state index in [4.69, 9.17) is 87.3 Å². The number of allylic oxidation sites excluding steroid dienone is 1. The van der Waals surface area contributed by atoms with Gasteiger partial charge < -0.3 is 145 Å². The zero-order chi connectivity index (χ0) is 109. The molecule has 9 amide bonds. The second-order valence-corrected chi connectivity index (χ2v) is 28.9. The minimum atomic E-state index is -1.31. The van der Waals surface area contributed by atoms with Gasteiger partial charge in [-0.3, -0.25) is 47.9 Å². The van der Waals surface area contributed by atoms with E-state index in [0.29, 0.717) is 127 Å². The van der Waals surface area contributed by atoms with Gasteiger partial charge in [0.25, 0.3) is 5.91 Å². The predicted octanol–water partition coefficient (Wildman–Crippen LogP) is 6.94. The summed E-state index contributed by atoms with van der Waals surface area (Å²) in [6.45, 7) is 8.90. The van der Waals surface area contributed by atoms with E-state index < -0.39 is 89.0 Å². The lowest BCUT2D eigenvalue weighted by Gasteiger charge is -2.07. The van der Waals surface area contributed by atoms with E-state index in [1.807, 2.05) is 43.3 Å². The van der Waals surface area contributed by atoms with Gasteiger partial charge in [0.2, 0.25) is 53.0 Å². The second kappa shape index (κ2) is 77.4. The third-order valence-corrected chi connectivity index (χ3v) is 16.9. The Kier molecular flexibility index (Phi) is 68.5. The number of hydrogen-bond donors (Lipinski definition) is 25. The van der Waals surface area contributed by atoms with Crippen LogP contribution in [-0.2, 0) is 115 Å². The minimum absolute atomic E-state index is 0.0204. The summed E-state index contributed by atoms with van der Waals surface area (Å²) in [6.07, 6.45) is 22.4. The Balaban J connectivity index is 0. The number of anilines is 11. The van der Waals surface area contributed by atoms with Crippen molar-refractivity contribution in [1.29, 1.82) is 0 Å². The lowest BCUT2D eigenvalue weighted by Crippen LogP contribution is -2.23. The van der Waals surface area contributed by atoms with Crippen LogP contribution in [-0.4, -0.2) is 189 Å². The van der Waals surface area contributed by atoms with Crippen molar-refractivity contribution in [2.24, 2.45) is 23.1 Å². The molecule has 0 bridgehead atoms. The molecule has 45 nitrogen and oxygen atoms in total. The molecule has 0 aliphatic heterocycles. The first-order chi connectivity index (χ1) is 68.2. The quantitative estimate of drug-likeness (QED) is 0.00605. The lowest BCUT2D eigenvalue weighted by atomic mass is 10.1. The van der Waals surface area contributed by atoms with E-state index in [0.717, 1.165) is 140 Å². The van der Waals surface area contributed by atoms with Crippen LogP contribution in [0.25, 0.3) is 0 Å². The van der Waals surface area contributed by atoms with Crippen LogP contribution in [0.5, 0.6) is 0 Å². The number of hydrogen-bond acceptors (Lipinski definition) is 29. The topological polar surface area (TPSA) is 810 Å². The van der Waals surface area contributed by atoms with E-state index >= 15 is 0 Å². The maximum Gasteiger partial charge on any atom is 0.371 e. The first kappa shape index (κ1) is 127. The molecule has 1 atom stereocenters. The summed E-state index contributed by atoms with van der Waals surface area (Å²) >= 11 is 0. The zero-order valence-corrected chi connectivity index (χ0v) is 79.6. The average Bonchev–Trinajstić information content (AvgIpc) is 0.918. The fourth-order valence-electron chi connectivity index (χ4n) is 9.41. The number of carboxylic acids is 7. The summed E-state index contributed by atoms with van der Waals surface area (Å²) in [7, 11) is 2.42. The Morgan fingerprint density at radius 1 is 0.319 bits per heavy atom. The van der Waals surface area contributed by atoms with Crippen LogP contribution in [0.4, 0.5) is 62.6 Å². The number of aliphatic carboxylic acids is 7. The number of carbonyl (C=O) groups excluding carboxylic acids is 11. The average molecular weight is 2000 g/mol. The standard InChI is InChI=1S/2C12H14N2O3.C12H14N2O2.C11H12N2O4.2C11H12N2O3.C10H10N2O3.2C10H18N2O3/c13-7-9-1-3-10(4-2-9)8-14-11(15)5-6-12(16)17;13-10-3-1-9(2-4-10)7-8-14-11(15)5-6-12(16)17;1-2-11(15)7-8-12(16)14-10-5-3-9(13)4-6-10;1-17-9(11(15)16)6-10(14)13-8-4-2-7(12)3-5-8;1-16-11(15)7-6-10(14)13-9-4-2-8(12)3-5-9;1-7(11(15)16)6-10(14)13-9-4-2-8(12)3-5-9;11-7-1-3-8(4-2-7)12-9(13)5-6-10(14)15;1-8(7-11)3-2-6-12-9(13)4-5-10(14)15;11-7-3-1-2-4-8-12-9(13)5-6-10(14)15/h2*1-6H,7-8,13H2,(H,14,15)(H,16,17);3-8H,2,13H2,1H3,(H,14,16);2-6H,12H2,1H3,(H,13,14)(H,15,16);2-7H,12H2,1H3,(H,13,14);2-6H,12H2,1H3,(H,13,14)(H,15,16);1-6H,11H2,(H,12,13)(H,14,15);4-5,8H,2-3,6-7,11H2,1H3,(H,12,13)(H,14,15);5-6H,1-4,7-8,11H2,(H,12,13)(H,14,15)/b2*6-5-;8-7-;9-6+;2*7-6-;6-5-;5-4-;6-5-. The molecule has 0 saturated carbocycles. The molecule has 34 N–H and O–H groups in total. The van der Waals surface area contributed by atoms with Gasteiger partial charge in [-0.15, -0.1) is 0 Å². The third kappa shape index (κ3) is 73.6. The highest BCUT2D eigenvalue weighted by atomic mass is 16.5. The fourth-order valence-corrected chi connectivity index (χ4v) is 9.41. The highest BCUT2D eigenvalue weighted by molar-refractivity contribution is 6.07. The molecule has 0 aromatic heterocycles. The molecule has 0 spiro atoms. The summed E-state index contributed by atoms with van der Waals surface area (Å²) in [4.78, 5) is 194. The molecular formula is C99H124N18O27. The summed E-state index contributed by atoms with van der Waals surface area (Å²) in [5, 5.41) is 81.6. The van der Waals surface area contributed by atoms with Gasteiger partial charge in [-0.25, -0.2) is 38.4 Å². The van der Waals surface area contributed by atoms with Gasteiger partial charge in [0.15, 0.2) is 5.78 Å². The van der Waals surface area contributed by atoms with Crippen LogP contribution < -0.4 is 99.5 Å². The van der Waals surface area contributed by atoms with Crippen LogP contribution in [0, 0.1) is 5.92 Å². The number of ether oxygens (including phenoxy) is 2. The summed E-state index contributed by atoms with van der Waals surface area (Å²) in [5.41, 5.74) is 58.7. The molecule has 7 rings (SSSR count). The Bertz CT molecular complexity index is 5470. The number of nitrogen functional groups attached to an aromatic ring is 6. The number of carboxylic acid groups (broad SMARTS) is 7. The number of methoxy groups -OCH3 is 2. The van der Waals surface area contributed by atoms with E-state index in [1.54, 1.807) is 140 Å². The molecule has 7 aromatic rings. The zero-order valence-electron chi connectivity index (χ0n) is 79.6. The number of nitrogens with one attached hydrogen (secondary N) is 9. The first-order valence-electron chi connectivity index (χ1n) is 43.1. The van der Waals surface area contributed by atoms with Crippen LogP contribution in [0.1, 0.15) is 82.4 Å². The van der Waals surface area contributed by atoms with E-state index in [2.05, 4.69) is 57.3 Å². The number of amides is 9. The molecule has 0 aliphatic carbocycles. The molecule has 0 aliphatic rings. The molecule has 0 saturated heterocycles. The molecule has 0 fully saturated rings. The first-order valence-corrected chi connectivity index (χ1v) is 43.1. The van der Waals surface area contributed by atoms with E-state index in [9.17, 15) is 86.3 Å². The largest absolute Gasteiger partial charge is 0.490 e. The number of unbranched alkanes of at least 4 members (excludes halogenated alkanes) is 3.